The highest BCUT2D eigenvalue weighted by molar-refractivity contribution is 5.91. The van der Waals surface area contributed by atoms with E-state index in [1.54, 1.807) is 17.2 Å². The van der Waals surface area contributed by atoms with E-state index >= 15 is 0 Å². The van der Waals surface area contributed by atoms with Gasteiger partial charge in [-0.2, -0.15) is 0 Å². The maximum absolute atomic E-state index is 12.6. The van der Waals surface area contributed by atoms with Crippen molar-refractivity contribution in [3.63, 3.8) is 0 Å². The van der Waals surface area contributed by atoms with Crippen molar-refractivity contribution in [2.75, 3.05) is 25.5 Å². The summed E-state index contributed by atoms with van der Waals surface area (Å²) >= 11 is 0. The third-order valence-electron chi connectivity index (χ3n) is 6.18. The molecule has 1 heterocycles. The minimum atomic E-state index is -0.555. The van der Waals surface area contributed by atoms with E-state index in [2.05, 4.69) is 40.7 Å². The molecule has 39 heavy (non-hydrogen) atoms. The van der Waals surface area contributed by atoms with Gasteiger partial charge in [-0.1, -0.05) is 44.2 Å². The van der Waals surface area contributed by atoms with Crippen molar-refractivity contribution in [1.82, 2.24) is 15.2 Å². The van der Waals surface area contributed by atoms with Crippen molar-refractivity contribution >= 4 is 17.6 Å². The van der Waals surface area contributed by atoms with Gasteiger partial charge in [0, 0.05) is 25.9 Å². The number of aromatic nitrogens is 1. The molecule has 3 rings (SSSR count). The van der Waals surface area contributed by atoms with E-state index in [0.29, 0.717) is 18.8 Å². The lowest BCUT2D eigenvalue weighted by Crippen LogP contribution is -2.53. The number of benzene rings is 2. The molecule has 0 bridgehead atoms. The Hall–Kier alpha value is -3.65. The Morgan fingerprint density at radius 2 is 1.67 bits per heavy atom. The predicted octanol–water partition coefficient (Wildman–Crippen LogP) is 5.57. The van der Waals surface area contributed by atoms with Crippen LogP contribution in [0.4, 0.5) is 14.6 Å². The molecule has 0 atom stereocenters. The van der Waals surface area contributed by atoms with Crippen LogP contribution in [0, 0.1) is 11.6 Å². The van der Waals surface area contributed by atoms with Crippen LogP contribution in [-0.2, 0) is 28.9 Å². The predicted molar refractivity (Wildman–Crippen MR) is 152 cm³/mol. The number of nitrogens with one attached hydrogen (secondary N) is 2. The second-order valence-corrected chi connectivity index (χ2v) is 9.82. The molecule has 0 aliphatic carbocycles. The Bertz CT molecular complexity index is 1180. The second kappa shape index (κ2) is 15.7. The smallest absolute Gasteiger partial charge is 0.242 e. The number of hydrogen-bond acceptors (Lipinski definition) is 4. The second-order valence-electron chi connectivity index (χ2n) is 9.82. The minimum absolute atomic E-state index is 0.0680. The molecule has 6 nitrogen and oxygen atoms in total. The van der Waals surface area contributed by atoms with Crippen molar-refractivity contribution in [3.8, 4) is 0 Å². The number of hydrogen-bond donors (Lipinski definition) is 2. The van der Waals surface area contributed by atoms with Crippen molar-refractivity contribution in [1.29, 1.82) is 0 Å². The molecular formula is C31H40F2N4O2. The summed E-state index contributed by atoms with van der Waals surface area (Å²) in [6, 6.07) is 16.4. The van der Waals surface area contributed by atoms with Gasteiger partial charge in [0.2, 0.25) is 11.8 Å². The van der Waals surface area contributed by atoms with E-state index in [1.807, 2.05) is 40.0 Å². The third-order valence-corrected chi connectivity index (χ3v) is 6.18. The van der Waals surface area contributed by atoms with Gasteiger partial charge >= 0.3 is 0 Å². The van der Waals surface area contributed by atoms with Gasteiger partial charge in [-0.3, -0.25) is 9.59 Å². The fourth-order valence-electron chi connectivity index (χ4n) is 4.22. The molecule has 2 amide bonds. The monoisotopic (exact) mass is 538 g/mol. The summed E-state index contributed by atoms with van der Waals surface area (Å²) < 4.78 is 23.9. The molecule has 0 saturated heterocycles. The first-order valence-electron chi connectivity index (χ1n) is 13.3. The summed E-state index contributed by atoms with van der Waals surface area (Å²) in [5.41, 5.74) is 2.86. The molecule has 0 spiro atoms. The van der Waals surface area contributed by atoms with Gasteiger partial charge in [0.05, 0.1) is 12.0 Å². The van der Waals surface area contributed by atoms with Crippen LogP contribution in [0.15, 0.2) is 66.9 Å². The highest BCUT2D eigenvalue weighted by Gasteiger charge is 2.28. The molecule has 0 aliphatic rings. The summed E-state index contributed by atoms with van der Waals surface area (Å²) in [5, 5.41) is 6.09. The van der Waals surface area contributed by atoms with Crippen LogP contribution in [-0.4, -0.2) is 47.4 Å². The zero-order valence-electron chi connectivity index (χ0n) is 23.6. The standard InChI is InChI=1S/C25H36N4O2.C6H4F2/c1-6-20-14-13-19(11-10-16-29(5)24(31)25(3,4)27-7-2)17-21(20)18-23(30)28-22-12-8-9-15-26-22;7-5-2-1-3-6(8)4-5/h8-9,12-15,17,27H,6-7,10-11,16,18H2,1-5H3,(H,26,28,30);1-4H. The van der Waals surface area contributed by atoms with Crippen molar-refractivity contribution in [3.05, 3.63) is 95.2 Å². The number of likely N-dealkylation sites (N-methyl/N-ethyl adjacent to an activating group) is 2. The van der Waals surface area contributed by atoms with E-state index in [1.165, 1.54) is 29.3 Å². The minimum Gasteiger partial charge on any atom is -0.344 e. The van der Waals surface area contributed by atoms with Gasteiger partial charge < -0.3 is 15.5 Å². The summed E-state index contributed by atoms with van der Waals surface area (Å²) in [4.78, 5) is 31.1. The molecule has 0 saturated carbocycles. The fourth-order valence-corrected chi connectivity index (χ4v) is 4.22. The SMILES string of the molecule is CCNC(C)(C)C(=O)N(C)CCCc1ccc(CC)c(CC(=O)Nc2ccccn2)c1.Fc1cccc(F)c1. The van der Waals surface area contributed by atoms with Crippen LogP contribution in [0.25, 0.3) is 0 Å². The van der Waals surface area contributed by atoms with Gasteiger partial charge in [-0.05, 0) is 80.6 Å². The van der Waals surface area contributed by atoms with E-state index < -0.39 is 17.2 Å². The third kappa shape index (κ3) is 10.9. The maximum Gasteiger partial charge on any atom is 0.242 e. The molecule has 0 unspecified atom stereocenters. The first-order valence-corrected chi connectivity index (χ1v) is 13.3. The number of halogens is 2. The molecule has 1 aromatic heterocycles. The van der Waals surface area contributed by atoms with E-state index in [4.69, 9.17) is 0 Å². The number of nitrogens with zero attached hydrogens (tertiary/aromatic N) is 2. The lowest BCUT2D eigenvalue weighted by molar-refractivity contribution is -0.135. The maximum atomic E-state index is 12.6. The number of rotatable bonds is 11. The van der Waals surface area contributed by atoms with Gasteiger partial charge in [-0.15, -0.1) is 0 Å². The van der Waals surface area contributed by atoms with Crippen molar-refractivity contribution in [2.24, 2.45) is 0 Å². The van der Waals surface area contributed by atoms with Crippen LogP contribution >= 0.6 is 0 Å². The lowest BCUT2D eigenvalue weighted by Gasteiger charge is -2.30. The van der Waals surface area contributed by atoms with E-state index in [-0.39, 0.29) is 11.8 Å². The summed E-state index contributed by atoms with van der Waals surface area (Å²) in [5.74, 6) is -0.478. The molecule has 0 radical (unpaired) electrons. The lowest BCUT2D eigenvalue weighted by atomic mass is 9.97. The van der Waals surface area contributed by atoms with E-state index in [9.17, 15) is 18.4 Å². The number of carbonyl (C=O) groups is 2. The van der Waals surface area contributed by atoms with Crippen LogP contribution in [0.2, 0.25) is 0 Å². The number of aryl methyl sites for hydroxylation is 2. The van der Waals surface area contributed by atoms with Crippen LogP contribution in [0.1, 0.15) is 50.8 Å². The largest absolute Gasteiger partial charge is 0.344 e. The highest BCUT2D eigenvalue weighted by atomic mass is 19.1. The van der Waals surface area contributed by atoms with Gasteiger partial charge in [-0.25, -0.2) is 13.8 Å². The normalized spacial score (nSPS) is 10.8. The van der Waals surface area contributed by atoms with Crippen LogP contribution in [0.5, 0.6) is 0 Å². The molecule has 2 aromatic carbocycles. The number of amides is 2. The molecule has 0 fully saturated rings. The summed E-state index contributed by atoms with van der Waals surface area (Å²) in [6.45, 7) is 9.39. The average molecular weight is 539 g/mol. The zero-order valence-corrected chi connectivity index (χ0v) is 23.6. The molecule has 0 aliphatic heterocycles. The first kappa shape index (κ1) is 31.6. The molecular weight excluding hydrogens is 498 g/mol. The highest BCUT2D eigenvalue weighted by Crippen LogP contribution is 2.17. The Kier molecular flexibility index (Phi) is 12.7. The van der Waals surface area contributed by atoms with Crippen LogP contribution in [0.3, 0.4) is 0 Å². The Balaban J connectivity index is 0.000000568. The fraction of sp³-hybridized carbons (Fsp3) is 0.387. The van der Waals surface area contributed by atoms with Crippen LogP contribution < -0.4 is 10.6 Å². The number of anilines is 1. The quantitative estimate of drug-likeness (QED) is 0.335. The molecule has 3 aromatic rings. The van der Waals surface area contributed by atoms with Gasteiger partial charge in [0.25, 0.3) is 0 Å². The Morgan fingerprint density at radius 1 is 0.949 bits per heavy atom. The summed E-state index contributed by atoms with van der Waals surface area (Å²) in [6.07, 6.45) is 4.59. The molecule has 8 heteroatoms. The molecule has 2 N–H and O–H groups in total. The Labute approximate surface area is 230 Å². The Morgan fingerprint density at radius 3 is 2.23 bits per heavy atom. The van der Waals surface area contributed by atoms with Gasteiger partial charge in [0.1, 0.15) is 17.5 Å². The van der Waals surface area contributed by atoms with Gasteiger partial charge in [0.15, 0.2) is 0 Å². The number of carbonyl (C=O) groups excluding carboxylic acids is 2. The summed E-state index contributed by atoms with van der Waals surface area (Å²) in [7, 11) is 1.86. The molecule has 210 valence electrons. The number of pyridine rings is 1. The van der Waals surface area contributed by atoms with Crippen molar-refractivity contribution < 1.29 is 18.4 Å². The first-order chi connectivity index (χ1) is 18.6. The average Bonchev–Trinajstić information content (AvgIpc) is 2.89. The zero-order chi connectivity index (χ0) is 28.8. The topological polar surface area (TPSA) is 74.3 Å². The van der Waals surface area contributed by atoms with Crippen molar-refractivity contribution in [2.45, 2.75) is 58.9 Å². The van der Waals surface area contributed by atoms with E-state index in [0.717, 1.165) is 37.4 Å².